The van der Waals surface area contributed by atoms with E-state index in [2.05, 4.69) is 57.1 Å². The van der Waals surface area contributed by atoms with Crippen LogP contribution >= 0.6 is 0 Å². The Bertz CT molecular complexity index is 1150. The second-order valence-electron chi connectivity index (χ2n) is 8.89. The number of rotatable bonds is 6. The molecule has 11 heteroatoms. The number of carbonyl (C=O) groups is 1. The number of nitrogen functional groups attached to an aromatic ring is 1. The van der Waals surface area contributed by atoms with Gasteiger partial charge in [-0.2, -0.15) is 9.78 Å². The number of anilines is 1. The van der Waals surface area contributed by atoms with Crippen LogP contribution < -0.4 is 16.1 Å². The van der Waals surface area contributed by atoms with E-state index in [-0.39, 0.29) is 17.3 Å². The highest BCUT2D eigenvalue weighted by Gasteiger charge is 2.28. The van der Waals surface area contributed by atoms with Crippen molar-refractivity contribution in [1.82, 2.24) is 30.7 Å². The number of nitrogens with two attached hydrogens (primary N) is 1. The van der Waals surface area contributed by atoms with Crippen molar-refractivity contribution in [3.8, 4) is 5.82 Å². The number of benzene rings is 1. The molecule has 1 saturated heterocycles. The van der Waals surface area contributed by atoms with Gasteiger partial charge in [-0.15, -0.1) is 5.10 Å². The Morgan fingerprint density at radius 3 is 2.61 bits per heavy atom. The highest BCUT2D eigenvalue weighted by Crippen LogP contribution is 2.17. The molecule has 4 N–H and O–H groups in total. The van der Waals surface area contributed by atoms with E-state index in [1.54, 1.807) is 6.21 Å². The fraction of sp³-hybridized carbons (Fsp3) is 0.455. The molecular formula is C22H30N9O2+. The molecule has 3 heterocycles. The summed E-state index contributed by atoms with van der Waals surface area (Å²) in [5.74, 6) is 0.558. The van der Waals surface area contributed by atoms with E-state index in [1.807, 2.05) is 13.8 Å². The van der Waals surface area contributed by atoms with Crippen LogP contribution in [-0.4, -0.2) is 50.5 Å². The fourth-order valence-electron chi connectivity index (χ4n) is 4.33. The molecule has 0 aliphatic carbocycles. The highest BCUT2D eigenvalue weighted by molar-refractivity contribution is 5.94. The van der Waals surface area contributed by atoms with Crippen LogP contribution in [0, 0.1) is 26.7 Å². The molecule has 0 saturated carbocycles. The minimum absolute atomic E-state index is 0.0821. The number of quaternary nitrogens is 1. The van der Waals surface area contributed by atoms with E-state index in [0.717, 1.165) is 42.6 Å². The molecule has 0 atom stereocenters. The van der Waals surface area contributed by atoms with E-state index < -0.39 is 5.91 Å². The summed E-state index contributed by atoms with van der Waals surface area (Å²) in [7, 11) is 0. The summed E-state index contributed by atoms with van der Waals surface area (Å²) < 4.78 is 6.16. The third-order valence-electron chi connectivity index (χ3n) is 6.17. The molecule has 2 aromatic heterocycles. The summed E-state index contributed by atoms with van der Waals surface area (Å²) in [5.41, 5.74) is 13.6. The van der Waals surface area contributed by atoms with Crippen molar-refractivity contribution in [2.24, 2.45) is 11.0 Å². The number of hydrogen-bond acceptors (Lipinski definition) is 8. The van der Waals surface area contributed by atoms with Crippen molar-refractivity contribution >= 4 is 17.9 Å². The zero-order valence-corrected chi connectivity index (χ0v) is 19.4. The lowest BCUT2D eigenvalue weighted by Crippen LogP contribution is -3.11. The number of aryl methyl sites for hydroxylation is 3. The standard InChI is InChI=1S/C22H29N9O2/c1-13-5-7-30(8-6-13)12-18-19(25-29-31(18)21-20(23)27-33-28-21)22(32)26-24-11-17-15(3)9-14(2)10-16(17)4/h9-11,13H,5-8,12H2,1-4H3,(H2,23,27)(H,26,32)/p+1. The van der Waals surface area contributed by atoms with E-state index in [0.29, 0.717) is 18.2 Å². The third kappa shape index (κ3) is 4.92. The molecule has 1 aliphatic rings. The van der Waals surface area contributed by atoms with Gasteiger partial charge in [-0.05, 0) is 61.0 Å². The average molecular weight is 453 g/mol. The van der Waals surface area contributed by atoms with Crippen LogP contribution in [0.2, 0.25) is 0 Å². The minimum atomic E-state index is -0.449. The van der Waals surface area contributed by atoms with Crippen molar-refractivity contribution < 1.29 is 14.3 Å². The Hall–Kier alpha value is -3.60. The van der Waals surface area contributed by atoms with E-state index in [1.165, 1.54) is 15.1 Å². The molecule has 0 bridgehead atoms. The molecule has 33 heavy (non-hydrogen) atoms. The number of amides is 1. The van der Waals surface area contributed by atoms with Gasteiger partial charge < -0.3 is 10.6 Å². The largest absolute Gasteiger partial charge is 0.378 e. The SMILES string of the molecule is Cc1cc(C)c(C=NNC(=O)c2nnn(-c3nonc3N)c2C[NH+]2CCC(C)CC2)c(C)c1. The molecule has 0 radical (unpaired) electrons. The Balaban J connectivity index is 1.58. The van der Waals surface area contributed by atoms with Crippen LogP contribution in [0.15, 0.2) is 21.9 Å². The second-order valence-corrected chi connectivity index (χ2v) is 8.89. The molecule has 4 rings (SSSR count). The van der Waals surface area contributed by atoms with Gasteiger partial charge in [0.1, 0.15) is 12.2 Å². The van der Waals surface area contributed by atoms with Crippen LogP contribution in [0.1, 0.15) is 58.2 Å². The van der Waals surface area contributed by atoms with Crippen molar-refractivity contribution in [1.29, 1.82) is 0 Å². The van der Waals surface area contributed by atoms with Crippen LogP contribution in [0.4, 0.5) is 5.82 Å². The maximum Gasteiger partial charge on any atom is 0.294 e. The van der Waals surface area contributed by atoms with Crippen LogP contribution in [-0.2, 0) is 6.54 Å². The number of hydrogen-bond donors (Lipinski definition) is 3. The van der Waals surface area contributed by atoms with Gasteiger partial charge in [-0.25, -0.2) is 10.1 Å². The van der Waals surface area contributed by atoms with Gasteiger partial charge >= 0.3 is 0 Å². The number of piperidine rings is 1. The Labute approximate surface area is 192 Å². The van der Waals surface area contributed by atoms with E-state index in [4.69, 9.17) is 10.4 Å². The predicted octanol–water partition coefficient (Wildman–Crippen LogP) is 0.736. The van der Waals surface area contributed by atoms with E-state index >= 15 is 0 Å². The number of carbonyl (C=O) groups excluding carboxylic acids is 1. The van der Waals surface area contributed by atoms with Gasteiger partial charge in [0.25, 0.3) is 5.91 Å². The number of aromatic nitrogens is 5. The normalized spacial score (nSPS) is 18.7. The third-order valence-corrected chi connectivity index (χ3v) is 6.17. The summed E-state index contributed by atoms with van der Waals surface area (Å²) in [4.78, 5) is 14.3. The first-order valence-electron chi connectivity index (χ1n) is 11.1. The smallest absolute Gasteiger partial charge is 0.294 e. The van der Waals surface area contributed by atoms with Gasteiger partial charge in [0.05, 0.1) is 19.3 Å². The zero-order valence-electron chi connectivity index (χ0n) is 19.4. The topological polar surface area (TPSA) is 142 Å². The molecule has 0 spiro atoms. The number of hydrazone groups is 1. The molecule has 1 aromatic carbocycles. The van der Waals surface area contributed by atoms with E-state index in [9.17, 15) is 4.79 Å². The number of nitrogens with one attached hydrogen (secondary N) is 2. The van der Waals surface area contributed by atoms with Gasteiger partial charge in [0.2, 0.25) is 11.6 Å². The summed E-state index contributed by atoms with van der Waals surface area (Å²) in [6, 6.07) is 4.16. The Morgan fingerprint density at radius 2 is 1.97 bits per heavy atom. The van der Waals surface area contributed by atoms with Crippen molar-refractivity contribution in [2.45, 2.75) is 47.1 Å². The van der Waals surface area contributed by atoms with Gasteiger partial charge in [-0.3, -0.25) is 4.79 Å². The molecule has 3 aromatic rings. The molecule has 1 amide bonds. The minimum Gasteiger partial charge on any atom is -0.378 e. The number of likely N-dealkylation sites (tertiary alicyclic amines) is 1. The monoisotopic (exact) mass is 452 g/mol. The van der Waals surface area contributed by atoms with Crippen LogP contribution in [0.3, 0.4) is 0 Å². The van der Waals surface area contributed by atoms with Crippen molar-refractivity contribution in [2.75, 3.05) is 18.8 Å². The van der Waals surface area contributed by atoms with Gasteiger partial charge in [0.15, 0.2) is 5.69 Å². The molecule has 11 nitrogen and oxygen atoms in total. The zero-order chi connectivity index (χ0) is 23.5. The highest BCUT2D eigenvalue weighted by atomic mass is 16.6. The van der Waals surface area contributed by atoms with Gasteiger partial charge in [0, 0.05) is 5.56 Å². The molecule has 174 valence electrons. The second kappa shape index (κ2) is 9.49. The maximum atomic E-state index is 13.0. The predicted molar refractivity (Wildman–Crippen MR) is 122 cm³/mol. The maximum absolute atomic E-state index is 13.0. The fourth-order valence-corrected chi connectivity index (χ4v) is 4.33. The lowest BCUT2D eigenvalue weighted by Gasteiger charge is -2.27. The van der Waals surface area contributed by atoms with Crippen LogP contribution in [0.5, 0.6) is 0 Å². The molecule has 0 unspecified atom stereocenters. The first kappa shape index (κ1) is 22.6. The van der Waals surface area contributed by atoms with Crippen molar-refractivity contribution in [3.05, 3.63) is 45.8 Å². The lowest BCUT2D eigenvalue weighted by molar-refractivity contribution is -0.920. The van der Waals surface area contributed by atoms with Crippen LogP contribution in [0.25, 0.3) is 5.82 Å². The van der Waals surface area contributed by atoms with Gasteiger partial charge in [-0.1, -0.05) is 29.8 Å². The molecular weight excluding hydrogens is 422 g/mol. The first-order chi connectivity index (χ1) is 15.8. The van der Waals surface area contributed by atoms with Crippen molar-refractivity contribution in [3.63, 3.8) is 0 Å². The quantitative estimate of drug-likeness (QED) is 0.370. The summed E-state index contributed by atoms with van der Waals surface area (Å²) in [6.45, 7) is 10.9. The number of nitrogens with zero attached hydrogens (tertiary/aromatic N) is 6. The molecule has 1 fully saturated rings. The summed E-state index contributed by atoms with van der Waals surface area (Å²) in [6.07, 6.45) is 3.92. The Kier molecular flexibility index (Phi) is 6.50. The Morgan fingerprint density at radius 1 is 1.27 bits per heavy atom. The lowest BCUT2D eigenvalue weighted by atomic mass is 9.99. The average Bonchev–Trinajstić information content (AvgIpc) is 3.37. The summed E-state index contributed by atoms with van der Waals surface area (Å²) >= 11 is 0. The first-order valence-corrected chi connectivity index (χ1v) is 11.1. The molecule has 1 aliphatic heterocycles. The summed E-state index contributed by atoms with van der Waals surface area (Å²) in [5, 5.41) is 19.9.